The fraction of sp³-hybridized carbons (Fsp3) is 0.0769. The van der Waals surface area contributed by atoms with Crippen LogP contribution in [0.25, 0.3) is 22.6 Å². The number of aromatic nitrogens is 3. The summed E-state index contributed by atoms with van der Waals surface area (Å²) in [5, 5.41) is 0. The number of fused-ring (bicyclic) bond motifs is 1. The number of rotatable bonds is 2. The van der Waals surface area contributed by atoms with Crippen molar-refractivity contribution in [2.24, 2.45) is 5.73 Å². The first-order chi connectivity index (χ1) is 9.17. The van der Waals surface area contributed by atoms with E-state index in [0.717, 1.165) is 11.6 Å². The smallest absolute Gasteiger partial charge is 0.157 e. The fourth-order valence-corrected chi connectivity index (χ4v) is 1.85. The third-order valence-electron chi connectivity index (χ3n) is 2.81. The van der Waals surface area contributed by atoms with Gasteiger partial charge in [-0.3, -0.25) is 4.98 Å². The predicted molar refractivity (Wildman–Crippen MR) is 67.1 cm³/mol. The molecule has 0 fully saturated rings. The highest BCUT2D eigenvalue weighted by Gasteiger charge is 2.11. The summed E-state index contributed by atoms with van der Waals surface area (Å²) in [5.41, 5.74) is 7.32. The zero-order valence-electron chi connectivity index (χ0n) is 9.82. The second-order valence-electron chi connectivity index (χ2n) is 4.13. The Morgan fingerprint density at radius 3 is 2.74 bits per heavy atom. The standard InChI is InChI=1S/C13H10F2N4/c14-8-3-9(15)12-11(4-8)18-13(19-12)10-2-1-7(5-16)6-17-10/h1-4,6H,5,16H2,(H,18,19). The van der Waals surface area contributed by atoms with Crippen molar-refractivity contribution in [2.45, 2.75) is 6.54 Å². The van der Waals surface area contributed by atoms with E-state index in [9.17, 15) is 8.78 Å². The highest BCUT2D eigenvalue weighted by molar-refractivity contribution is 5.79. The summed E-state index contributed by atoms with van der Waals surface area (Å²) in [6, 6.07) is 5.54. The van der Waals surface area contributed by atoms with Crippen LogP contribution in [-0.2, 0) is 6.54 Å². The van der Waals surface area contributed by atoms with Gasteiger partial charge in [0.1, 0.15) is 17.0 Å². The molecule has 0 aliphatic rings. The third kappa shape index (κ3) is 2.06. The maximum Gasteiger partial charge on any atom is 0.157 e. The van der Waals surface area contributed by atoms with Gasteiger partial charge in [-0.25, -0.2) is 13.8 Å². The Kier molecular flexibility index (Phi) is 2.72. The lowest BCUT2D eigenvalue weighted by molar-refractivity contribution is 0.591. The first-order valence-corrected chi connectivity index (χ1v) is 5.67. The second kappa shape index (κ2) is 4.40. The number of benzene rings is 1. The van der Waals surface area contributed by atoms with E-state index < -0.39 is 11.6 Å². The minimum absolute atomic E-state index is 0.0982. The third-order valence-corrected chi connectivity index (χ3v) is 2.81. The van der Waals surface area contributed by atoms with Crippen molar-refractivity contribution in [3.63, 3.8) is 0 Å². The first kappa shape index (κ1) is 11.7. The molecule has 4 nitrogen and oxygen atoms in total. The molecule has 6 heteroatoms. The van der Waals surface area contributed by atoms with Crippen molar-refractivity contribution >= 4 is 11.0 Å². The molecule has 3 aromatic rings. The Hall–Kier alpha value is -2.34. The molecule has 2 aromatic heterocycles. The van der Waals surface area contributed by atoms with Gasteiger partial charge in [0.05, 0.1) is 5.52 Å². The number of nitrogens with one attached hydrogen (secondary N) is 1. The normalized spacial score (nSPS) is 11.1. The van der Waals surface area contributed by atoms with Gasteiger partial charge < -0.3 is 10.7 Å². The predicted octanol–water partition coefficient (Wildman–Crippen LogP) is 2.36. The molecule has 0 amide bonds. The number of hydrogen-bond acceptors (Lipinski definition) is 3. The van der Waals surface area contributed by atoms with Gasteiger partial charge in [-0.15, -0.1) is 0 Å². The lowest BCUT2D eigenvalue weighted by Crippen LogP contribution is -1.97. The fourth-order valence-electron chi connectivity index (χ4n) is 1.85. The molecule has 0 aliphatic heterocycles. The summed E-state index contributed by atoms with van der Waals surface area (Å²) >= 11 is 0. The van der Waals surface area contributed by atoms with Crippen LogP contribution in [0.15, 0.2) is 30.5 Å². The molecule has 1 aromatic carbocycles. The van der Waals surface area contributed by atoms with Gasteiger partial charge in [-0.05, 0) is 17.7 Å². The number of aromatic amines is 1. The number of pyridine rings is 1. The number of halogens is 2. The molecule has 0 saturated heterocycles. The second-order valence-corrected chi connectivity index (χ2v) is 4.13. The minimum Gasteiger partial charge on any atom is -0.336 e. The first-order valence-electron chi connectivity index (χ1n) is 5.67. The number of nitrogens with two attached hydrogens (primary N) is 1. The van der Waals surface area contributed by atoms with Gasteiger partial charge in [0.2, 0.25) is 0 Å². The summed E-state index contributed by atoms with van der Waals surface area (Å²) < 4.78 is 26.6. The number of nitrogens with zero attached hydrogens (tertiary/aromatic N) is 2. The molecule has 0 atom stereocenters. The van der Waals surface area contributed by atoms with Crippen molar-refractivity contribution in [1.29, 1.82) is 0 Å². The molecule has 0 spiro atoms. The zero-order chi connectivity index (χ0) is 13.4. The summed E-state index contributed by atoms with van der Waals surface area (Å²) in [6.45, 7) is 0.396. The molecular weight excluding hydrogens is 250 g/mol. The van der Waals surface area contributed by atoms with Crippen LogP contribution in [-0.4, -0.2) is 15.0 Å². The van der Waals surface area contributed by atoms with Gasteiger partial charge >= 0.3 is 0 Å². The van der Waals surface area contributed by atoms with Crippen molar-refractivity contribution in [2.75, 3.05) is 0 Å². The zero-order valence-corrected chi connectivity index (χ0v) is 9.82. The molecule has 0 radical (unpaired) electrons. The van der Waals surface area contributed by atoms with E-state index in [2.05, 4.69) is 15.0 Å². The largest absolute Gasteiger partial charge is 0.336 e. The SMILES string of the molecule is NCc1ccc(-c2nc3c(F)cc(F)cc3[nH]2)nc1. The summed E-state index contributed by atoms with van der Waals surface area (Å²) in [7, 11) is 0. The molecule has 0 aliphatic carbocycles. The van der Waals surface area contributed by atoms with Crippen molar-refractivity contribution < 1.29 is 8.78 Å². The van der Waals surface area contributed by atoms with Gasteiger partial charge in [-0.2, -0.15) is 0 Å². The van der Waals surface area contributed by atoms with Crippen molar-refractivity contribution in [3.05, 3.63) is 47.7 Å². The monoisotopic (exact) mass is 260 g/mol. The molecule has 3 N–H and O–H groups in total. The Labute approximate surface area is 107 Å². The van der Waals surface area contributed by atoms with Gasteiger partial charge in [-0.1, -0.05) is 6.07 Å². The van der Waals surface area contributed by atoms with E-state index in [1.807, 2.05) is 6.07 Å². The van der Waals surface area contributed by atoms with E-state index in [4.69, 9.17) is 5.73 Å². The van der Waals surface area contributed by atoms with Crippen LogP contribution in [0.1, 0.15) is 5.56 Å². The van der Waals surface area contributed by atoms with E-state index in [1.165, 1.54) is 6.07 Å². The number of imidazole rings is 1. The van der Waals surface area contributed by atoms with Gasteiger partial charge in [0.15, 0.2) is 11.6 Å². The maximum atomic E-state index is 13.5. The van der Waals surface area contributed by atoms with Crippen LogP contribution < -0.4 is 5.73 Å². The molecule has 3 rings (SSSR count). The topological polar surface area (TPSA) is 67.6 Å². The Balaban J connectivity index is 2.12. The maximum absolute atomic E-state index is 13.5. The van der Waals surface area contributed by atoms with Gasteiger partial charge in [0.25, 0.3) is 0 Å². The Bertz CT molecular complexity index is 734. The number of H-pyrrole nitrogens is 1. The van der Waals surface area contributed by atoms with Crippen LogP contribution in [0.4, 0.5) is 8.78 Å². The summed E-state index contributed by atoms with van der Waals surface area (Å²) in [6.07, 6.45) is 1.62. The molecular formula is C13H10F2N4. The average Bonchev–Trinajstić information content (AvgIpc) is 2.83. The van der Waals surface area contributed by atoms with Crippen LogP contribution >= 0.6 is 0 Å². The van der Waals surface area contributed by atoms with Crippen LogP contribution in [0, 0.1) is 11.6 Å². The van der Waals surface area contributed by atoms with E-state index in [1.54, 1.807) is 12.3 Å². The molecule has 2 heterocycles. The van der Waals surface area contributed by atoms with E-state index in [-0.39, 0.29) is 5.52 Å². The molecule has 96 valence electrons. The van der Waals surface area contributed by atoms with Crippen molar-refractivity contribution in [1.82, 2.24) is 15.0 Å². The highest BCUT2D eigenvalue weighted by atomic mass is 19.1. The van der Waals surface area contributed by atoms with Gasteiger partial charge in [0, 0.05) is 18.8 Å². The molecule has 0 bridgehead atoms. The average molecular weight is 260 g/mol. The van der Waals surface area contributed by atoms with E-state index in [0.29, 0.717) is 23.6 Å². The number of hydrogen-bond donors (Lipinski definition) is 2. The Morgan fingerprint density at radius 2 is 2.05 bits per heavy atom. The quantitative estimate of drug-likeness (QED) is 0.743. The van der Waals surface area contributed by atoms with Crippen molar-refractivity contribution in [3.8, 4) is 11.5 Å². The van der Waals surface area contributed by atoms with E-state index >= 15 is 0 Å². The summed E-state index contributed by atoms with van der Waals surface area (Å²) in [4.78, 5) is 11.1. The van der Waals surface area contributed by atoms with Crippen LogP contribution in [0.3, 0.4) is 0 Å². The molecule has 19 heavy (non-hydrogen) atoms. The minimum atomic E-state index is -0.698. The lowest BCUT2D eigenvalue weighted by Gasteiger charge is -1.97. The highest BCUT2D eigenvalue weighted by Crippen LogP contribution is 2.22. The molecule has 0 unspecified atom stereocenters. The molecule has 0 saturated carbocycles. The Morgan fingerprint density at radius 1 is 1.21 bits per heavy atom. The van der Waals surface area contributed by atoms with Crippen LogP contribution in [0.5, 0.6) is 0 Å². The summed E-state index contributed by atoms with van der Waals surface area (Å²) in [5.74, 6) is -0.953. The van der Waals surface area contributed by atoms with Crippen LogP contribution in [0.2, 0.25) is 0 Å². The lowest BCUT2D eigenvalue weighted by atomic mass is 10.2.